The molecule has 1 atom stereocenters. The van der Waals surface area contributed by atoms with Crippen molar-refractivity contribution in [3.05, 3.63) is 29.3 Å². The van der Waals surface area contributed by atoms with Crippen LogP contribution < -0.4 is 4.90 Å². The Morgan fingerprint density at radius 3 is 2.62 bits per heavy atom. The Hall–Kier alpha value is -1.75. The van der Waals surface area contributed by atoms with E-state index < -0.39 is 0 Å². The SMILES string of the molecule is Cc1cccc(N2CCC(N3CCN4C(=O)OC[C@@H]4C3)CC2)c1C. The molecule has 0 saturated carbocycles. The Bertz CT molecular complexity index is 625. The lowest BCUT2D eigenvalue weighted by atomic mass is 9.99. The number of carbonyl (C=O) groups is 1. The Morgan fingerprint density at radius 1 is 1.04 bits per heavy atom. The lowest BCUT2D eigenvalue weighted by Gasteiger charge is -2.44. The molecular weight excluding hydrogens is 302 g/mol. The molecule has 4 rings (SSSR count). The molecule has 130 valence electrons. The van der Waals surface area contributed by atoms with Crippen molar-refractivity contribution in [1.29, 1.82) is 0 Å². The minimum atomic E-state index is -0.121. The highest BCUT2D eigenvalue weighted by atomic mass is 16.6. The van der Waals surface area contributed by atoms with E-state index in [0.717, 1.165) is 32.7 Å². The van der Waals surface area contributed by atoms with Crippen molar-refractivity contribution in [3.8, 4) is 0 Å². The first-order valence-corrected chi connectivity index (χ1v) is 9.12. The van der Waals surface area contributed by atoms with Gasteiger partial charge in [-0.05, 0) is 43.9 Å². The maximum atomic E-state index is 11.6. The minimum Gasteiger partial charge on any atom is -0.447 e. The summed E-state index contributed by atoms with van der Waals surface area (Å²) in [7, 11) is 0. The Morgan fingerprint density at radius 2 is 1.83 bits per heavy atom. The number of benzene rings is 1. The molecule has 0 spiro atoms. The number of carbonyl (C=O) groups excluding carboxylic acids is 1. The number of piperidine rings is 1. The van der Waals surface area contributed by atoms with E-state index in [4.69, 9.17) is 4.74 Å². The lowest BCUT2D eigenvalue weighted by molar-refractivity contribution is 0.0778. The zero-order valence-electron chi connectivity index (χ0n) is 14.7. The van der Waals surface area contributed by atoms with Gasteiger partial charge in [0.2, 0.25) is 0 Å². The number of hydrogen-bond acceptors (Lipinski definition) is 4. The average Bonchev–Trinajstić information content (AvgIpc) is 2.98. The predicted molar refractivity (Wildman–Crippen MR) is 94.6 cm³/mol. The number of amides is 1. The normalized spacial score (nSPS) is 25.8. The summed E-state index contributed by atoms with van der Waals surface area (Å²) in [5.41, 5.74) is 4.18. The summed E-state index contributed by atoms with van der Waals surface area (Å²) in [6, 6.07) is 7.52. The van der Waals surface area contributed by atoms with Crippen LogP contribution in [0.2, 0.25) is 0 Å². The van der Waals surface area contributed by atoms with E-state index in [9.17, 15) is 4.79 Å². The summed E-state index contributed by atoms with van der Waals surface area (Å²) >= 11 is 0. The quantitative estimate of drug-likeness (QED) is 0.835. The second-order valence-corrected chi connectivity index (χ2v) is 7.36. The van der Waals surface area contributed by atoms with Gasteiger partial charge in [0.05, 0.1) is 6.04 Å². The summed E-state index contributed by atoms with van der Waals surface area (Å²) in [6.45, 7) is 10.0. The fraction of sp³-hybridized carbons (Fsp3) is 0.632. The number of aryl methyl sites for hydroxylation is 1. The third-order valence-corrected chi connectivity index (χ3v) is 6.05. The van der Waals surface area contributed by atoms with Crippen molar-refractivity contribution in [3.63, 3.8) is 0 Å². The first-order chi connectivity index (χ1) is 11.6. The summed E-state index contributed by atoms with van der Waals surface area (Å²) in [6.07, 6.45) is 2.29. The molecule has 5 heteroatoms. The number of fused-ring (bicyclic) bond motifs is 1. The van der Waals surface area contributed by atoms with Crippen LogP contribution in [0.15, 0.2) is 18.2 Å². The molecule has 1 aromatic rings. The standard InChI is InChI=1S/C19H27N3O2/c1-14-4-3-5-18(15(14)2)20-8-6-16(7-9-20)21-10-11-22-17(12-21)13-24-19(22)23/h3-5,16-17H,6-13H2,1-2H3/t17-/m0/s1. The van der Waals surface area contributed by atoms with E-state index in [1.165, 1.54) is 29.7 Å². The van der Waals surface area contributed by atoms with Crippen LogP contribution in [0.25, 0.3) is 0 Å². The van der Waals surface area contributed by atoms with E-state index in [2.05, 4.69) is 41.8 Å². The van der Waals surface area contributed by atoms with E-state index in [-0.39, 0.29) is 12.1 Å². The van der Waals surface area contributed by atoms with Crippen molar-refractivity contribution < 1.29 is 9.53 Å². The second kappa shape index (κ2) is 6.28. The van der Waals surface area contributed by atoms with Crippen LogP contribution in [0, 0.1) is 13.8 Å². The molecule has 1 amide bonds. The second-order valence-electron chi connectivity index (χ2n) is 7.36. The fourth-order valence-electron chi connectivity index (χ4n) is 4.39. The monoisotopic (exact) mass is 329 g/mol. The molecule has 3 aliphatic rings. The van der Waals surface area contributed by atoms with Crippen LogP contribution in [-0.4, -0.2) is 67.3 Å². The van der Waals surface area contributed by atoms with Gasteiger partial charge in [-0.2, -0.15) is 0 Å². The van der Waals surface area contributed by atoms with E-state index in [1.54, 1.807) is 0 Å². The molecule has 0 N–H and O–H groups in total. The third kappa shape index (κ3) is 2.75. The predicted octanol–water partition coefficient (Wildman–Crippen LogP) is 2.41. The van der Waals surface area contributed by atoms with Crippen molar-refractivity contribution in [2.75, 3.05) is 44.2 Å². The molecule has 3 heterocycles. The number of nitrogens with zero attached hydrogens (tertiary/aromatic N) is 3. The van der Waals surface area contributed by atoms with Gasteiger partial charge in [-0.3, -0.25) is 9.80 Å². The van der Waals surface area contributed by atoms with E-state index >= 15 is 0 Å². The molecule has 3 fully saturated rings. The molecule has 24 heavy (non-hydrogen) atoms. The van der Waals surface area contributed by atoms with Crippen LogP contribution in [-0.2, 0) is 4.74 Å². The first-order valence-electron chi connectivity index (χ1n) is 9.12. The first kappa shape index (κ1) is 15.8. The van der Waals surface area contributed by atoms with E-state index in [0.29, 0.717) is 12.6 Å². The number of anilines is 1. The van der Waals surface area contributed by atoms with Crippen LogP contribution in [0.4, 0.5) is 10.5 Å². The number of piperazine rings is 1. The molecule has 5 nitrogen and oxygen atoms in total. The van der Waals surface area contributed by atoms with E-state index in [1.807, 2.05) is 4.90 Å². The zero-order valence-corrected chi connectivity index (χ0v) is 14.7. The highest BCUT2D eigenvalue weighted by Gasteiger charge is 2.39. The van der Waals surface area contributed by atoms with Gasteiger partial charge in [0.15, 0.2) is 0 Å². The van der Waals surface area contributed by atoms with Crippen molar-refractivity contribution in [2.45, 2.75) is 38.8 Å². The summed E-state index contributed by atoms with van der Waals surface area (Å²) < 4.78 is 5.19. The molecule has 1 aromatic carbocycles. The Kier molecular flexibility index (Phi) is 4.12. The zero-order chi connectivity index (χ0) is 16.7. The largest absolute Gasteiger partial charge is 0.447 e. The smallest absolute Gasteiger partial charge is 0.410 e. The number of ether oxygens (including phenoxy) is 1. The van der Waals surface area contributed by atoms with Crippen molar-refractivity contribution in [2.24, 2.45) is 0 Å². The van der Waals surface area contributed by atoms with Gasteiger partial charge in [-0.15, -0.1) is 0 Å². The minimum absolute atomic E-state index is 0.121. The molecule has 0 aromatic heterocycles. The fourth-order valence-corrected chi connectivity index (χ4v) is 4.39. The highest BCUT2D eigenvalue weighted by molar-refractivity contribution is 5.70. The van der Waals surface area contributed by atoms with Gasteiger partial charge in [0.1, 0.15) is 6.61 Å². The molecule has 0 unspecified atom stereocenters. The maximum Gasteiger partial charge on any atom is 0.410 e. The summed E-state index contributed by atoms with van der Waals surface area (Å²) in [5, 5.41) is 0. The number of cyclic esters (lactones) is 1. The number of rotatable bonds is 2. The number of hydrogen-bond donors (Lipinski definition) is 0. The van der Waals surface area contributed by atoms with Gasteiger partial charge >= 0.3 is 6.09 Å². The average molecular weight is 329 g/mol. The molecule has 0 radical (unpaired) electrons. The maximum absolute atomic E-state index is 11.6. The van der Waals surface area contributed by atoms with Crippen LogP contribution in [0.3, 0.4) is 0 Å². The van der Waals surface area contributed by atoms with Gasteiger partial charge in [-0.1, -0.05) is 12.1 Å². The summed E-state index contributed by atoms with van der Waals surface area (Å²) in [4.78, 5) is 18.7. The topological polar surface area (TPSA) is 36.0 Å². The van der Waals surface area contributed by atoms with Crippen molar-refractivity contribution >= 4 is 11.8 Å². The van der Waals surface area contributed by atoms with Crippen molar-refractivity contribution in [1.82, 2.24) is 9.80 Å². The molecular formula is C19H27N3O2. The van der Waals surface area contributed by atoms with Gasteiger partial charge in [0.25, 0.3) is 0 Å². The third-order valence-electron chi connectivity index (χ3n) is 6.05. The van der Waals surface area contributed by atoms with Gasteiger partial charge in [-0.25, -0.2) is 4.79 Å². The van der Waals surface area contributed by atoms with Crippen LogP contribution in [0.1, 0.15) is 24.0 Å². The molecule has 3 saturated heterocycles. The van der Waals surface area contributed by atoms with Gasteiger partial charge in [0, 0.05) is 44.5 Å². The molecule has 3 aliphatic heterocycles. The Balaban J connectivity index is 1.36. The van der Waals surface area contributed by atoms with Crippen LogP contribution >= 0.6 is 0 Å². The van der Waals surface area contributed by atoms with Crippen LogP contribution in [0.5, 0.6) is 0 Å². The summed E-state index contributed by atoms with van der Waals surface area (Å²) in [5.74, 6) is 0. The van der Waals surface area contributed by atoms with Gasteiger partial charge < -0.3 is 9.64 Å². The molecule has 0 aliphatic carbocycles. The Labute approximate surface area is 144 Å². The lowest BCUT2D eigenvalue weighted by Crippen LogP contribution is -2.56. The highest BCUT2D eigenvalue weighted by Crippen LogP contribution is 2.28. The molecule has 0 bridgehead atoms.